The van der Waals surface area contributed by atoms with Crippen LogP contribution in [-0.4, -0.2) is 55.8 Å². The highest BCUT2D eigenvalue weighted by Crippen LogP contribution is 2.06. The van der Waals surface area contributed by atoms with Gasteiger partial charge in [0.25, 0.3) is 0 Å². The van der Waals surface area contributed by atoms with E-state index in [4.69, 9.17) is 9.47 Å². The van der Waals surface area contributed by atoms with Crippen LogP contribution >= 0.6 is 0 Å². The Bertz CT molecular complexity index is 285. The SMILES string of the molecule is C=[N+](C)CCCCOC[C@H](C)NC(=O)OC(C)(C)C. The van der Waals surface area contributed by atoms with Gasteiger partial charge in [-0.05, 0) is 34.1 Å². The molecule has 5 nitrogen and oxygen atoms in total. The predicted octanol–water partition coefficient (Wildman–Crippen LogP) is 2.04. The monoisotopic (exact) mass is 273 g/mol. The maximum absolute atomic E-state index is 11.5. The lowest BCUT2D eigenvalue weighted by molar-refractivity contribution is -0.489. The van der Waals surface area contributed by atoms with Gasteiger partial charge in [-0.15, -0.1) is 0 Å². The van der Waals surface area contributed by atoms with Crippen LogP contribution in [0.1, 0.15) is 40.5 Å². The second-order valence-corrected chi connectivity index (χ2v) is 5.91. The van der Waals surface area contributed by atoms with Crippen molar-refractivity contribution in [3.63, 3.8) is 0 Å². The van der Waals surface area contributed by atoms with E-state index in [0.29, 0.717) is 13.2 Å². The number of alkyl carbamates (subject to hydrolysis) is 1. The molecule has 0 bridgehead atoms. The molecule has 0 aliphatic rings. The Morgan fingerprint density at radius 3 is 2.53 bits per heavy atom. The lowest BCUT2D eigenvalue weighted by Gasteiger charge is -2.21. The Morgan fingerprint density at radius 1 is 1.37 bits per heavy atom. The van der Waals surface area contributed by atoms with Gasteiger partial charge < -0.3 is 14.8 Å². The summed E-state index contributed by atoms with van der Waals surface area (Å²) in [6, 6.07) is -0.0506. The third-order valence-electron chi connectivity index (χ3n) is 2.21. The first-order chi connectivity index (χ1) is 8.70. The molecule has 0 spiro atoms. The van der Waals surface area contributed by atoms with Gasteiger partial charge in [-0.3, -0.25) is 0 Å². The number of nitrogens with zero attached hydrogens (tertiary/aromatic N) is 1. The number of rotatable bonds is 8. The topological polar surface area (TPSA) is 50.6 Å². The molecule has 0 fully saturated rings. The van der Waals surface area contributed by atoms with Gasteiger partial charge in [0.1, 0.15) is 25.9 Å². The van der Waals surface area contributed by atoms with Crippen molar-refractivity contribution in [2.75, 3.05) is 26.8 Å². The highest BCUT2D eigenvalue weighted by Gasteiger charge is 2.17. The Hall–Kier alpha value is -1.10. The lowest BCUT2D eigenvalue weighted by Crippen LogP contribution is -2.39. The Morgan fingerprint density at radius 2 is 2.00 bits per heavy atom. The first-order valence-corrected chi connectivity index (χ1v) is 6.79. The zero-order valence-corrected chi connectivity index (χ0v) is 13.0. The zero-order chi connectivity index (χ0) is 14.9. The average Bonchev–Trinajstić information content (AvgIpc) is 2.19. The third kappa shape index (κ3) is 13.1. The molecule has 0 heterocycles. The Labute approximate surface area is 117 Å². The summed E-state index contributed by atoms with van der Waals surface area (Å²) in [5, 5.41) is 2.74. The summed E-state index contributed by atoms with van der Waals surface area (Å²) in [6.45, 7) is 13.4. The fraction of sp³-hybridized carbons (Fsp3) is 0.857. The van der Waals surface area contributed by atoms with Crippen molar-refractivity contribution in [2.45, 2.75) is 52.2 Å². The maximum atomic E-state index is 11.5. The molecule has 0 unspecified atom stereocenters. The molecule has 1 amide bonds. The number of hydrogen-bond donors (Lipinski definition) is 1. The molecule has 0 aliphatic heterocycles. The molecule has 0 aromatic heterocycles. The molecule has 0 aromatic carbocycles. The normalized spacial score (nSPS) is 12.9. The van der Waals surface area contributed by atoms with Crippen molar-refractivity contribution >= 4 is 12.8 Å². The molecule has 19 heavy (non-hydrogen) atoms. The highest BCUT2D eigenvalue weighted by atomic mass is 16.6. The summed E-state index contributed by atoms with van der Waals surface area (Å²) < 4.78 is 12.6. The van der Waals surface area contributed by atoms with E-state index in [2.05, 4.69) is 12.0 Å². The quantitative estimate of drug-likeness (QED) is 0.418. The van der Waals surface area contributed by atoms with Gasteiger partial charge in [0.2, 0.25) is 0 Å². The van der Waals surface area contributed by atoms with Crippen molar-refractivity contribution in [1.29, 1.82) is 0 Å². The van der Waals surface area contributed by atoms with E-state index >= 15 is 0 Å². The number of unbranched alkanes of at least 4 members (excludes halogenated alkanes) is 1. The highest BCUT2D eigenvalue weighted by molar-refractivity contribution is 5.68. The van der Waals surface area contributed by atoms with E-state index < -0.39 is 11.7 Å². The largest absolute Gasteiger partial charge is 0.444 e. The van der Waals surface area contributed by atoms with Crippen molar-refractivity contribution in [1.82, 2.24) is 5.32 Å². The van der Waals surface area contributed by atoms with E-state index in [-0.39, 0.29) is 6.04 Å². The molecule has 0 saturated heterocycles. The fourth-order valence-corrected chi connectivity index (χ4v) is 1.40. The van der Waals surface area contributed by atoms with Gasteiger partial charge in [-0.1, -0.05) is 0 Å². The van der Waals surface area contributed by atoms with Crippen LogP contribution in [0, 0.1) is 0 Å². The summed E-state index contributed by atoms with van der Waals surface area (Å²) in [5.74, 6) is 0. The van der Waals surface area contributed by atoms with Gasteiger partial charge in [-0.25, -0.2) is 9.37 Å². The van der Waals surface area contributed by atoms with Crippen LogP contribution in [0.15, 0.2) is 0 Å². The molecule has 1 atom stereocenters. The Kier molecular flexibility index (Phi) is 8.39. The van der Waals surface area contributed by atoms with Gasteiger partial charge in [-0.2, -0.15) is 0 Å². The minimum absolute atomic E-state index is 0.0506. The van der Waals surface area contributed by atoms with Crippen molar-refractivity contribution in [2.24, 2.45) is 0 Å². The predicted molar refractivity (Wildman–Crippen MR) is 77.1 cm³/mol. The standard InChI is InChI=1S/C14H28N2O3/c1-12(15-13(17)19-14(2,3)4)11-18-10-8-7-9-16(5)6/h12H,5,7-11H2,1-4,6H3/p+1/t12-/m0/s1. The van der Waals surface area contributed by atoms with Crippen LogP contribution in [0.25, 0.3) is 0 Å². The lowest BCUT2D eigenvalue weighted by atomic mass is 10.2. The molecule has 1 N–H and O–H groups in total. The average molecular weight is 273 g/mol. The van der Waals surface area contributed by atoms with Gasteiger partial charge in [0.15, 0.2) is 0 Å². The fourth-order valence-electron chi connectivity index (χ4n) is 1.40. The molecule has 0 aromatic rings. The van der Waals surface area contributed by atoms with Crippen molar-refractivity contribution in [3.05, 3.63) is 0 Å². The van der Waals surface area contributed by atoms with Crippen LogP contribution in [0.3, 0.4) is 0 Å². The minimum atomic E-state index is -0.467. The van der Waals surface area contributed by atoms with Crippen LogP contribution in [0.2, 0.25) is 0 Å². The first kappa shape index (κ1) is 17.9. The second kappa shape index (κ2) is 8.91. The molecule has 0 saturated carbocycles. The van der Waals surface area contributed by atoms with E-state index in [1.807, 2.05) is 39.3 Å². The number of carbonyl (C=O) groups excluding carboxylic acids is 1. The second-order valence-electron chi connectivity index (χ2n) is 5.91. The molecule has 0 rings (SSSR count). The molecule has 5 heteroatoms. The van der Waals surface area contributed by atoms with Crippen LogP contribution in [0.5, 0.6) is 0 Å². The number of ether oxygens (including phenoxy) is 2. The maximum Gasteiger partial charge on any atom is 0.407 e. The molecule has 0 aliphatic carbocycles. The molecule has 0 radical (unpaired) electrons. The van der Waals surface area contributed by atoms with Gasteiger partial charge >= 0.3 is 6.09 Å². The first-order valence-electron chi connectivity index (χ1n) is 6.79. The summed E-state index contributed by atoms with van der Waals surface area (Å²) >= 11 is 0. The summed E-state index contributed by atoms with van der Waals surface area (Å²) in [6.07, 6.45) is 1.66. The van der Waals surface area contributed by atoms with Crippen LogP contribution < -0.4 is 5.32 Å². The van der Waals surface area contributed by atoms with Crippen LogP contribution in [-0.2, 0) is 9.47 Å². The van der Waals surface area contributed by atoms with Crippen molar-refractivity contribution < 1.29 is 18.8 Å². The number of carbonyl (C=O) groups is 1. The van der Waals surface area contributed by atoms with Crippen LogP contribution in [0.4, 0.5) is 4.79 Å². The molecular weight excluding hydrogens is 244 g/mol. The van der Waals surface area contributed by atoms with E-state index in [0.717, 1.165) is 19.4 Å². The van der Waals surface area contributed by atoms with E-state index in [9.17, 15) is 4.79 Å². The van der Waals surface area contributed by atoms with Gasteiger partial charge in [0.05, 0.1) is 12.6 Å². The third-order valence-corrected chi connectivity index (χ3v) is 2.21. The Balaban J connectivity index is 3.56. The number of amides is 1. The smallest absolute Gasteiger partial charge is 0.407 e. The van der Waals surface area contributed by atoms with E-state index in [1.165, 1.54) is 0 Å². The number of nitrogens with one attached hydrogen (secondary N) is 1. The minimum Gasteiger partial charge on any atom is -0.444 e. The molecule has 112 valence electrons. The molecular formula is C14H29N2O3+. The summed E-state index contributed by atoms with van der Waals surface area (Å²) in [7, 11) is 1.95. The van der Waals surface area contributed by atoms with Crippen molar-refractivity contribution in [3.8, 4) is 0 Å². The summed E-state index contributed by atoms with van der Waals surface area (Å²) in [5.41, 5.74) is -0.467. The zero-order valence-electron chi connectivity index (χ0n) is 13.0. The van der Waals surface area contributed by atoms with Gasteiger partial charge in [0, 0.05) is 13.0 Å². The van der Waals surface area contributed by atoms with E-state index in [1.54, 1.807) is 0 Å². The number of hydrogen-bond acceptors (Lipinski definition) is 3. The summed E-state index contributed by atoms with van der Waals surface area (Å²) in [4.78, 5) is 11.5.